The number of pyridine rings is 1. The fourth-order valence-corrected chi connectivity index (χ4v) is 3.40. The van der Waals surface area contributed by atoms with Gasteiger partial charge in [0, 0.05) is 38.3 Å². The summed E-state index contributed by atoms with van der Waals surface area (Å²) in [6.07, 6.45) is 5.65. The summed E-state index contributed by atoms with van der Waals surface area (Å²) in [5, 5.41) is 1.14. The molecule has 0 aromatic carbocycles. The number of aromatic nitrogens is 1. The van der Waals surface area contributed by atoms with E-state index < -0.39 is 0 Å². The van der Waals surface area contributed by atoms with Crippen molar-refractivity contribution in [3.05, 3.63) is 22.3 Å². The van der Waals surface area contributed by atoms with Crippen molar-refractivity contribution in [2.75, 3.05) is 25.0 Å². The number of halogens is 2. The monoisotopic (exact) mass is 327 g/mol. The van der Waals surface area contributed by atoms with Gasteiger partial charge in [-0.05, 0) is 31.7 Å². The Kier molecular flexibility index (Phi) is 4.27. The standard InChI is InChI=1S/C15H19Cl2N3O/c1-19(15(21)10-2-3-10)12-4-6-20(7-5-12)14-13(17)8-11(16)9-18-14/h8-10,12H,2-7H2,1H3. The zero-order chi connectivity index (χ0) is 15.0. The molecule has 0 unspecified atom stereocenters. The topological polar surface area (TPSA) is 36.4 Å². The predicted octanol–water partition coefficient (Wildman–Crippen LogP) is 3.23. The molecule has 0 spiro atoms. The lowest BCUT2D eigenvalue weighted by atomic mass is 10.0. The molecule has 1 aliphatic heterocycles. The first-order chi connectivity index (χ1) is 10.1. The smallest absolute Gasteiger partial charge is 0.225 e. The number of hydrogen-bond donors (Lipinski definition) is 0. The summed E-state index contributed by atoms with van der Waals surface area (Å²) in [6.45, 7) is 1.72. The minimum absolute atomic E-state index is 0.292. The van der Waals surface area contributed by atoms with E-state index in [-0.39, 0.29) is 0 Å². The third-order valence-corrected chi connectivity index (χ3v) is 4.86. The van der Waals surface area contributed by atoms with Crippen LogP contribution in [0.1, 0.15) is 25.7 Å². The van der Waals surface area contributed by atoms with Crippen LogP contribution in [-0.4, -0.2) is 42.0 Å². The van der Waals surface area contributed by atoms with E-state index in [1.807, 2.05) is 11.9 Å². The molecule has 4 nitrogen and oxygen atoms in total. The molecule has 2 fully saturated rings. The van der Waals surface area contributed by atoms with Crippen molar-refractivity contribution in [2.24, 2.45) is 5.92 Å². The molecule has 1 saturated carbocycles. The number of carbonyl (C=O) groups is 1. The molecule has 0 radical (unpaired) electrons. The Hall–Kier alpha value is -1.000. The van der Waals surface area contributed by atoms with Crippen LogP contribution in [0, 0.1) is 5.92 Å². The second-order valence-corrected chi connectivity index (χ2v) is 6.74. The zero-order valence-corrected chi connectivity index (χ0v) is 13.6. The van der Waals surface area contributed by atoms with Gasteiger partial charge >= 0.3 is 0 Å². The van der Waals surface area contributed by atoms with E-state index in [9.17, 15) is 4.79 Å². The average molecular weight is 328 g/mol. The summed E-state index contributed by atoms with van der Waals surface area (Å²) in [6, 6.07) is 2.06. The Morgan fingerprint density at radius 2 is 1.95 bits per heavy atom. The number of piperidine rings is 1. The number of amides is 1. The maximum absolute atomic E-state index is 12.1. The lowest BCUT2D eigenvalue weighted by Gasteiger charge is -2.37. The van der Waals surface area contributed by atoms with Gasteiger partial charge in [0.1, 0.15) is 5.82 Å². The largest absolute Gasteiger partial charge is 0.355 e. The first-order valence-electron chi connectivity index (χ1n) is 7.39. The van der Waals surface area contributed by atoms with E-state index in [0.717, 1.165) is 44.6 Å². The summed E-state index contributed by atoms with van der Waals surface area (Å²) < 4.78 is 0. The molecule has 1 aliphatic carbocycles. The molecule has 1 aromatic rings. The molecule has 3 rings (SSSR count). The Balaban J connectivity index is 1.60. The van der Waals surface area contributed by atoms with Gasteiger partial charge in [0.05, 0.1) is 10.0 Å². The lowest BCUT2D eigenvalue weighted by Crippen LogP contribution is -2.46. The van der Waals surface area contributed by atoms with Gasteiger partial charge < -0.3 is 9.80 Å². The van der Waals surface area contributed by atoms with Crippen molar-refractivity contribution < 1.29 is 4.79 Å². The first kappa shape index (κ1) is 14.9. The normalized spacial score (nSPS) is 19.7. The molecular formula is C15H19Cl2N3O. The van der Waals surface area contributed by atoms with Crippen molar-refractivity contribution in [3.8, 4) is 0 Å². The fourth-order valence-electron chi connectivity index (χ4n) is 2.90. The van der Waals surface area contributed by atoms with Crippen molar-refractivity contribution in [2.45, 2.75) is 31.7 Å². The predicted molar refractivity (Wildman–Crippen MR) is 85.0 cm³/mol. The van der Waals surface area contributed by atoms with Crippen LogP contribution in [0.25, 0.3) is 0 Å². The van der Waals surface area contributed by atoms with Crippen LogP contribution in [0.3, 0.4) is 0 Å². The second-order valence-electron chi connectivity index (χ2n) is 5.90. The summed E-state index contributed by atoms with van der Waals surface area (Å²) in [7, 11) is 1.94. The molecule has 2 aliphatic rings. The van der Waals surface area contributed by atoms with Gasteiger partial charge in [-0.15, -0.1) is 0 Å². The van der Waals surface area contributed by atoms with Gasteiger partial charge in [-0.3, -0.25) is 4.79 Å². The minimum atomic E-state index is 0.292. The summed E-state index contributed by atoms with van der Waals surface area (Å²) in [4.78, 5) is 20.6. The highest BCUT2D eigenvalue weighted by Gasteiger charge is 2.35. The van der Waals surface area contributed by atoms with Gasteiger partial charge in [0.15, 0.2) is 0 Å². The quantitative estimate of drug-likeness (QED) is 0.855. The van der Waals surface area contributed by atoms with Crippen molar-refractivity contribution in [1.29, 1.82) is 0 Å². The molecular weight excluding hydrogens is 309 g/mol. The van der Waals surface area contributed by atoms with E-state index >= 15 is 0 Å². The van der Waals surface area contributed by atoms with Crippen molar-refractivity contribution in [3.63, 3.8) is 0 Å². The number of anilines is 1. The maximum Gasteiger partial charge on any atom is 0.225 e. The molecule has 1 saturated heterocycles. The minimum Gasteiger partial charge on any atom is -0.355 e. The number of rotatable bonds is 3. The Labute approximate surface area is 135 Å². The highest BCUT2D eigenvalue weighted by atomic mass is 35.5. The molecule has 1 aromatic heterocycles. The summed E-state index contributed by atoms with van der Waals surface area (Å²) in [5.74, 6) is 1.40. The molecule has 0 atom stereocenters. The van der Waals surface area contributed by atoms with Gasteiger partial charge in [0.25, 0.3) is 0 Å². The molecule has 0 bridgehead atoms. The van der Waals surface area contributed by atoms with E-state index in [1.54, 1.807) is 12.3 Å². The molecule has 2 heterocycles. The maximum atomic E-state index is 12.1. The van der Waals surface area contributed by atoms with E-state index in [4.69, 9.17) is 23.2 Å². The molecule has 0 N–H and O–H groups in total. The van der Waals surface area contributed by atoms with E-state index in [2.05, 4.69) is 9.88 Å². The van der Waals surface area contributed by atoms with Crippen LogP contribution in [0.5, 0.6) is 0 Å². The summed E-state index contributed by atoms with van der Waals surface area (Å²) in [5.41, 5.74) is 0. The van der Waals surface area contributed by atoms with Crippen molar-refractivity contribution in [1.82, 2.24) is 9.88 Å². The second kappa shape index (κ2) is 6.01. The highest BCUT2D eigenvalue weighted by molar-refractivity contribution is 6.36. The van der Waals surface area contributed by atoms with Crippen LogP contribution in [-0.2, 0) is 4.79 Å². The number of carbonyl (C=O) groups excluding carboxylic acids is 1. The van der Waals surface area contributed by atoms with E-state index in [0.29, 0.717) is 27.9 Å². The molecule has 114 valence electrons. The van der Waals surface area contributed by atoms with Gasteiger partial charge in [-0.25, -0.2) is 4.98 Å². The Bertz CT molecular complexity index is 540. The first-order valence-corrected chi connectivity index (χ1v) is 8.14. The van der Waals surface area contributed by atoms with Gasteiger partial charge in [-0.1, -0.05) is 23.2 Å². The molecule has 6 heteroatoms. The average Bonchev–Trinajstić information content (AvgIpc) is 3.31. The SMILES string of the molecule is CN(C(=O)C1CC1)C1CCN(c2ncc(Cl)cc2Cl)CC1. The van der Waals surface area contributed by atoms with Crippen LogP contribution >= 0.6 is 23.2 Å². The van der Waals surface area contributed by atoms with Crippen LogP contribution < -0.4 is 4.90 Å². The number of nitrogens with zero attached hydrogens (tertiary/aromatic N) is 3. The zero-order valence-electron chi connectivity index (χ0n) is 12.1. The number of hydrogen-bond acceptors (Lipinski definition) is 3. The van der Waals surface area contributed by atoms with Gasteiger partial charge in [0.2, 0.25) is 5.91 Å². The molecule has 21 heavy (non-hydrogen) atoms. The summed E-state index contributed by atoms with van der Waals surface area (Å²) >= 11 is 12.1. The van der Waals surface area contributed by atoms with Crippen LogP contribution in [0.4, 0.5) is 5.82 Å². The molecule has 1 amide bonds. The van der Waals surface area contributed by atoms with Crippen LogP contribution in [0.2, 0.25) is 10.0 Å². The lowest BCUT2D eigenvalue weighted by molar-refractivity contribution is -0.133. The van der Waals surface area contributed by atoms with Crippen LogP contribution in [0.15, 0.2) is 12.3 Å². The Morgan fingerprint density at radius 3 is 2.52 bits per heavy atom. The van der Waals surface area contributed by atoms with E-state index in [1.165, 1.54) is 0 Å². The van der Waals surface area contributed by atoms with Gasteiger partial charge in [-0.2, -0.15) is 0 Å². The third-order valence-electron chi connectivity index (χ3n) is 4.37. The van der Waals surface area contributed by atoms with Crippen molar-refractivity contribution >= 4 is 34.9 Å². The third kappa shape index (κ3) is 3.27. The highest BCUT2D eigenvalue weighted by Crippen LogP contribution is 2.33. The fraction of sp³-hybridized carbons (Fsp3) is 0.600. The Morgan fingerprint density at radius 1 is 1.29 bits per heavy atom.